The first-order valence-corrected chi connectivity index (χ1v) is 6.43. The Bertz CT molecular complexity index is 433. The van der Waals surface area contributed by atoms with Gasteiger partial charge in [0, 0.05) is 12.6 Å². The minimum Gasteiger partial charge on any atom is -0.395 e. The van der Waals surface area contributed by atoms with Crippen LogP contribution in [0.4, 0.5) is 13.2 Å². The lowest BCUT2D eigenvalue weighted by Gasteiger charge is -2.25. The van der Waals surface area contributed by atoms with Crippen molar-refractivity contribution < 1.29 is 18.3 Å². The highest BCUT2D eigenvalue weighted by atomic mass is 19.4. The molecule has 1 fully saturated rings. The third kappa shape index (κ3) is 3.28. The quantitative estimate of drug-likeness (QED) is 0.915. The van der Waals surface area contributed by atoms with Crippen molar-refractivity contribution in [3.05, 3.63) is 35.4 Å². The average molecular weight is 273 g/mol. The molecule has 2 nitrogen and oxygen atoms in total. The summed E-state index contributed by atoms with van der Waals surface area (Å²) < 4.78 is 37.9. The third-order valence-electron chi connectivity index (χ3n) is 3.82. The Morgan fingerprint density at radius 1 is 1.37 bits per heavy atom. The number of rotatable bonds is 3. The molecule has 0 aliphatic carbocycles. The molecule has 2 atom stereocenters. The number of halogens is 3. The predicted octanol–water partition coefficient (Wildman–Crippen LogP) is 2.91. The topological polar surface area (TPSA) is 23.5 Å². The van der Waals surface area contributed by atoms with Crippen LogP contribution in [0.2, 0.25) is 0 Å². The van der Waals surface area contributed by atoms with Gasteiger partial charge < -0.3 is 5.11 Å². The highest BCUT2D eigenvalue weighted by molar-refractivity contribution is 5.25. The second-order valence-electron chi connectivity index (χ2n) is 5.18. The van der Waals surface area contributed by atoms with Gasteiger partial charge in [-0.2, -0.15) is 13.2 Å². The second-order valence-corrected chi connectivity index (χ2v) is 5.18. The number of alkyl halides is 3. The van der Waals surface area contributed by atoms with Crippen molar-refractivity contribution in [2.24, 2.45) is 5.92 Å². The van der Waals surface area contributed by atoms with Gasteiger partial charge in [-0.25, -0.2) is 0 Å². The number of aliphatic hydroxyl groups is 1. The molecule has 1 saturated heterocycles. The van der Waals surface area contributed by atoms with Crippen LogP contribution < -0.4 is 0 Å². The molecule has 0 bridgehead atoms. The van der Waals surface area contributed by atoms with Gasteiger partial charge in [-0.1, -0.05) is 25.1 Å². The van der Waals surface area contributed by atoms with E-state index < -0.39 is 11.7 Å². The van der Waals surface area contributed by atoms with Gasteiger partial charge in [-0.15, -0.1) is 0 Å². The number of nitrogens with zero attached hydrogens (tertiary/aromatic N) is 1. The van der Waals surface area contributed by atoms with Gasteiger partial charge in [0.15, 0.2) is 0 Å². The third-order valence-corrected chi connectivity index (χ3v) is 3.82. The van der Waals surface area contributed by atoms with Crippen molar-refractivity contribution in [3.8, 4) is 0 Å². The van der Waals surface area contributed by atoms with E-state index in [2.05, 4.69) is 11.8 Å². The van der Waals surface area contributed by atoms with Crippen molar-refractivity contribution >= 4 is 0 Å². The summed E-state index contributed by atoms with van der Waals surface area (Å²) in [5.74, 6) is 0.385. The van der Waals surface area contributed by atoms with E-state index in [1.165, 1.54) is 12.1 Å². The zero-order valence-corrected chi connectivity index (χ0v) is 10.8. The van der Waals surface area contributed by atoms with Crippen LogP contribution in [0, 0.1) is 5.92 Å². The summed E-state index contributed by atoms with van der Waals surface area (Å²) in [5.41, 5.74) is 0.0279. The molecule has 1 aromatic rings. The van der Waals surface area contributed by atoms with Gasteiger partial charge in [0.1, 0.15) is 0 Å². The molecule has 5 heteroatoms. The molecule has 0 saturated carbocycles. The lowest BCUT2D eigenvalue weighted by molar-refractivity contribution is -0.137. The number of hydrogen-bond donors (Lipinski definition) is 1. The fourth-order valence-corrected chi connectivity index (χ4v) is 2.66. The molecule has 1 aliphatic rings. The van der Waals surface area contributed by atoms with Crippen molar-refractivity contribution in [3.63, 3.8) is 0 Å². The SMILES string of the molecule is CC1CCN(Cc2cccc(C(F)(F)F)c2)C1CO. The zero-order chi connectivity index (χ0) is 14.0. The van der Waals surface area contributed by atoms with Crippen LogP contribution in [0.25, 0.3) is 0 Å². The van der Waals surface area contributed by atoms with Crippen LogP contribution in [0.3, 0.4) is 0 Å². The Kier molecular flexibility index (Phi) is 4.16. The van der Waals surface area contributed by atoms with E-state index >= 15 is 0 Å². The van der Waals surface area contributed by atoms with Crippen LogP contribution in [0.5, 0.6) is 0 Å². The molecule has 1 aromatic carbocycles. The molecule has 0 aromatic heterocycles. The molecule has 0 spiro atoms. The monoisotopic (exact) mass is 273 g/mol. The molecule has 0 radical (unpaired) electrons. The first-order chi connectivity index (χ1) is 8.91. The van der Waals surface area contributed by atoms with Crippen molar-refractivity contribution in [2.45, 2.75) is 32.1 Å². The van der Waals surface area contributed by atoms with E-state index in [0.29, 0.717) is 18.0 Å². The van der Waals surface area contributed by atoms with Gasteiger partial charge in [-0.3, -0.25) is 4.90 Å². The summed E-state index contributed by atoms with van der Waals surface area (Å²) in [4.78, 5) is 2.06. The normalized spacial score (nSPS) is 24.9. The van der Waals surface area contributed by atoms with Crippen molar-refractivity contribution in [2.75, 3.05) is 13.2 Å². The molecule has 2 rings (SSSR count). The lowest BCUT2D eigenvalue weighted by atomic mass is 10.0. The fraction of sp³-hybridized carbons (Fsp3) is 0.571. The molecular weight excluding hydrogens is 255 g/mol. The second kappa shape index (κ2) is 5.51. The largest absolute Gasteiger partial charge is 0.416 e. The molecule has 1 aliphatic heterocycles. The highest BCUT2D eigenvalue weighted by Crippen LogP contribution is 2.31. The van der Waals surface area contributed by atoms with Gasteiger partial charge >= 0.3 is 6.18 Å². The summed E-state index contributed by atoms with van der Waals surface area (Å²) in [6.45, 7) is 3.40. The van der Waals surface area contributed by atoms with E-state index in [9.17, 15) is 18.3 Å². The number of aliphatic hydroxyl groups excluding tert-OH is 1. The zero-order valence-electron chi connectivity index (χ0n) is 10.8. The van der Waals surface area contributed by atoms with Crippen LogP contribution in [0.1, 0.15) is 24.5 Å². The first kappa shape index (κ1) is 14.3. The summed E-state index contributed by atoms with van der Waals surface area (Å²) >= 11 is 0. The Morgan fingerprint density at radius 3 is 2.74 bits per heavy atom. The van der Waals surface area contributed by atoms with Crippen molar-refractivity contribution in [1.82, 2.24) is 4.90 Å². The van der Waals surface area contributed by atoms with Gasteiger partial charge in [-0.05, 0) is 30.5 Å². The smallest absolute Gasteiger partial charge is 0.395 e. The van der Waals surface area contributed by atoms with Gasteiger partial charge in [0.05, 0.1) is 12.2 Å². The molecular formula is C14H18F3NO. The lowest BCUT2D eigenvalue weighted by Crippen LogP contribution is -2.34. The summed E-state index contributed by atoms with van der Waals surface area (Å²) in [6, 6.07) is 5.46. The van der Waals surface area contributed by atoms with E-state index in [1.54, 1.807) is 6.07 Å². The molecule has 1 heterocycles. The molecule has 1 N–H and O–H groups in total. The highest BCUT2D eigenvalue weighted by Gasteiger charge is 2.32. The van der Waals surface area contributed by atoms with Crippen molar-refractivity contribution in [1.29, 1.82) is 0 Å². The number of benzene rings is 1. The summed E-state index contributed by atoms with van der Waals surface area (Å²) in [6.07, 6.45) is -3.32. The summed E-state index contributed by atoms with van der Waals surface area (Å²) in [5, 5.41) is 9.35. The maximum absolute atomic E-state index is 12.6. The Morgan fingerprint density at radius 2 is 2.11 bits per heavy atom. The van der Waals surface area contributed by atoms with Crippen LogP contribution in [0.15, 0.2) is 24.3 Å². The van der Waals surface area contributed by atoms with Crippen LogP contribution >= 0.6 is 0 Å². The van der Waals surface area contributed by atoms with Gasteiger partial charge in [0.2, 0.25) is 0 Å². The minimum atomic E-state index is -4.30. The van der Waals surface area contributed by atoms with E-state index in [1.807, 2.05) is 0 Å². The van der Waals surface area contributed by atoms with E-state index in [4.69, 9.17) is 0 Å². The number of hydrogen-bond acceptors (Lipinski definition) is 2. The summed E-state index contributed by atoms with van der Waals surface area (Å²) in [7, 11) is 0. The standard InChI is InChI=1S/C14H18F3NO/c1-10-5-6-18(13(10)9-19)8-11-3-2-4-12(7-11)14(15,16)17/h2-4,7,10,13,19H,5-6,8-9H2,1H3. The number of likely N-dealkylation sites (tertiary alicyclic amines) is 1. The molecule has 19 heavy (non-hydrogen) atoms. The Labute approximate surface area is 110 Å². The maximum Gasteiger partial charge on any atom is 0.416 e. The molecule has 2 unspecified atom stereocenters. The fourth-order valence-electron chi connectivity index (χ4n) is 2.66. The van der Waals surface area contributed by atoms with E-state index in [0.717, 1.165) is 19.0 Å². The molecule has 106 valence electrons. The van der Waals surface area contributed by atoms with E-state index in [-0.39, 0.29) is 12.6 Å². The first-order valence-electron chi connectivity index (χ1n) is 6.43. The van der Waals surface area contributed by atoms with Crippen LogP contribution in [-0.2, 0) is 12.7 Å². The Hall–Kier alpha value is -1.07. The van der Waals surface area contributed by atoms with Gasteiger partial charge in [0.25, 0.3) is 0 Å². The predicted molar refractivity (Wildman–Crippen MR) is 66.5 cm³/mol. The maximum atomic E-state index is 12.6. The molecule has 0 amide bonds. The average Bonchev–Trinajstić information content (AvgIpc) is 2.69. The Balaban J connectivity index is 2.11. The minimum absolute atomic E-state index is 0.0505. The van der Waals surface area contributed by atoms with Crippen LogP contribution in [-0.4, -0.2) is 29.2 Å².